The number of anilines is 1. The molecule has 17 heavy (non-hydrogen) atoms. The molecule has 0 aliphatic carbocycles. The fourth-order valence-electron chi connectivity index (χ4n) is 2.65. The third-order valence-electron chi connectivity index (χ3n) is 3.90. The molecule has 3 rings (SSSR count). The molecule has 0 aromatic heterocycles. The minimum Gasteiger partial charge on any atom is -0.377 e. The smallest absolute Gasteiger partial charge is 0.0671 e. The molecule has 0 atom stereocenters. The summed E-state index contributed by atoms with van der Waals surface area (Å²) < 4.78 is 5.34. The lowest BCUT2D eigenvalue weighted by Crippen LogP contribution is -2.64. The normalized spacial score (nSPS) is 24.4. The van der Waals surface area contributed by atoms with Gasteiger partial charge in [0.05, 0.1) is 18.8 Å². The van der Waals surface area contributed by atoms with Crippen molar-refractivity contribution < 1.29 is 4.74 Å². The molecule has 2 saturated heterocycles. The number of benzene rings is 1. The molecule has 2 aliphatic heterocycles. The largest absolute Gasteiger partial charge is 0.377 e. The number of piperazine rings is 1. The van der Waals surface area contributed by atoms with Gasteiger partial charge in [-0.1, -0.05) is 18.2 Å². The predicted molar refractivity (Wildman–Crippen MR) is 68.3 cm³/mol. The Bertz CT molecular complexity index is 367. The highest BCUT2D eigenvalue weighted by atomic mass is 16.5. The van der Waals surface area contributed by atoms with E-state index in [1.807, 2.05) is 12.1 Å². The van der Waals surface area contributed by atoms with Gasteiger partial charge in [-0.3, -0.25) is 4.90 Å². The van der Waals surface area contributed by atoms with E-state index in [4.69, 9.17) is 4.74 Å². The van der Waals surface area contributed by atoms with Gasteiger partial charge in [-0.15, -0.1) is 0 Å². The van der Waals surface area contributed by atoms with E-state index in [0.29, 0.717) is 5.54 Å². The minimum absolute atomic E-state index is 0.298. The summed E-state index contributed by atoms with van der Waals surface area (Å²) in [6.07, 6.45) is 0. The predicted octanol–water partition coefficient (Wildman–Crippen LogP) is 1.40. The summed E-state index contributed by atoms with van der Waals surface area (Å²) in [4.78, 5) is 4.98. The molecule has 1 aromatic carbocycles. The SMILES string of the molecule is CC1(N2CCN(c3[c]cccc3)CC2)COC1. The van der Waals surface area contributed by atoms with Crippen molar-refractivity contribution in [2.45, 2.75) is 12.5 Å². The maximum absolute atomic E-state index is 5.34. The van der Waals surface area contributed by atoms with Gasteiger partial charge in [0.2, 0.25) is 0 Å². The van der Waals surface area contributed by atoms with Crippen LogP contribution in [0, 0.1) is 6.07 Å². The molecule has 0 unspecified atom stereocenters. The van der Waals surface area contributed by atoms with E-state index in [0.717, 1.165) is 39.4 Å². The minimum atomic E-state index is 0.298. The van der Waals surface area contributed by atoms with Gasteiger partial charge < -0.3 is 9.64 Å². The highest BCUT2D eigenvalue weighted by Gasteiger charge is 2.40. The van der Waals surface area contributed by atoms with Crippen molar-refractivity contribution in [3.05, 3.63) is 30.3 Å². The van der Waals surface area contributed by atoms with Gasteiger partial charge in [-0.25, -0.2) is 0 Å². The number of ether oxygens (including phenoxy) is 1. The average molecular weight is 231 g/mol. The van der Waals surface area contributed by atoms with Crippen LogP contribution in [-0.4, -0.2) is 49.8 Å². The Morgan fingerprint density at radius 2 is 1.94 bits per heavy atom. The molecule has 2 fully saturated rings. The van der Waals surface area contributed by atoms with Gasteiger partial charge >= 0.3 is 0 Å². The first-order chi connectivity index (χ1) is 8.28. The van der Waals surface area contributed by atoms with Crippen LogP contribution in [0.5, 0.6) is 0 Å². The zero-order chi connectivity index (χ0) is 11.7. The molecular weight excluding hydrogens is 212 g/mol. The Hall–Kier alpha value is -1.06. The third kappa shape index (κ3) is 2.05. The molecule has 1 aromatic rings. The molecule has 0 saturated carbocycles. The Balaban J connectivity index is 1.61. The zero-order valence-corrected chi connectivity index (χ0v) is 10.4. The first-order valence-corrected chi connectivity index (χ1v) is 6.32. The lowest BCUT2D eigenvalue weighted by molar-refractivity contribution is -0.131. The molecule has 0 bridgehead atoms. The topological polar surface area (TPSA) is 15.7 Å². The van der Waals surface area contributed by atoms with Crippen LogP contribution in [0.2, 0.25) is 0 Å². The Morgan fingerprint density at radius 3 is 2.47 bits per heavy atom. The second-order valence-corrected chi connectivity index (χ2v) is 5.21. The Labute approximate surface area is 103 Å². The monoisotopic (exact) mass is 231 g/mol. The maximum Gasteiger partial charge on any atom is 0.0671 e. The van der Waals surface area contributed by atoms with Crippen molar-refractivity contribution in [1.82, 2.24) is 4.90 Å². The van der Waals surface area contributed by atoms with Crippen LogP contribution in [0.4, 0.5) is 5.69 Å². The summed E-state index contributed by atoms with van der Waals surface area (Å²) in [6, 6.07) is 11.5. The summed E-state index contributed by atoms with van der Waals surface area (Å²) in [6.45, 7) is 8.53. The van der Waals surface area contributed by atoms with Gasteiger partial charge in [0.1, 0.15) is 0 Å². The van der Waals surface area contributed by atoms with Crippen LogP contribution in [0.3, 0.4) is 0 Å². The Kier molecular flexibility index (Phi) is 2.81. The van der Waals surface area contributed by atoms with Gasteiger partial charge in [-0.2, -0.15) is 0 Å². The molecule has 3 heteroatoms. The molecule has 1 radical (unpaired) electrons. The van der Waals surface area contributed by atoms with E-state index in [2.05, 4.69) is 34.9 Å². The van der Waals surface area contributed by atoms with E-state index in [1.165, 1.54) is 5.69 Å². The molecule has 0 N–H and O–H groups in total. The lowest BCUT2D eigenvalue weighted by Gasteiger charge is -2.50. The second kappa shape index (κ2) is 4.31. The molecule has 3 nitrogen and oxygen atoms in total. The summed E-state index contributed by atoms with van der Waals surface area (Å²) >= 11 is 0. The fraction of sp³-hybridized carbons (Fsp3) is 0.571. The molecule has 2 heterocycles. The van der Waals surface area contributed by atoms with Gasteiger partial charge in [0, 0.05) is 37.9 Å². The van der Waals surface area contributed by atoms with E-state index >= 15 is 0 Å². The number of nitrogens with zero attached hydrogens (tertiary/aromatic N) is 2. The maximum atomic E-state index is 5.34. The van der Waals surface area contributed by atoms with E-state index < -0.39 is 0 Å². The molecule has 0 amide bonds. The highest BCUT2D eigenvalue weighted by molar-refractivity contribution is 5.45. The van der Waals surface area contributed by atoms with Crippen molar-refractivity contribution >= 4 is 5.69 Å². The summed E-state index contributed by atoms with van der Waals surface area (Å²) in [7, 11) is 0. The first-order valence-electron chi connectivity index (χ1n) is 6.32. The third-order valence-corrected chi connectivity index (χ3v) is 3.90. The van der Waals surface area contributed by atoms with Crippen LogP contribution >= 0.6 is 0 Å². The van der Waals surface area contributed by atoms with Crippen LogP contribution in [-0.2, 0) is 4.74 Å². The van der Waals surface area contributed by atoms with E-state index in [9.17, 15) is 0 Å². The van der Waals surface area contributed by atoms with E-state index in [-0.39, 0.29) is 0 Å². The van der Waals surface area contributed by atoms with Crippen molar-refractivity contribution in [1.29, 1.82) is 0 Å². The quantitative estimate of drug-likeness (QED) is 0.765. The second-order valence-electron chi connectivity index (χ2n) is 5.21. The fourth-order valence-corrected chi connectivity index (χ4v) is 2.65. The van der Waals surface area contributed by atoms with Gasteiger partial charge in [0.25, 0.3) is 0 Å². The molecule has 0 spiro atoms. The van der Waals surface area contributed by atoms with Crippen LogP contribution < -0.4 is 4.90 Å². The van der Waals surface area contributed by atoms with Crippen LogP contribution in [0.1, 0.15) is 6.92 Å². The Morgan fingerprint density at radius 1 is 1.18 bits per heavy atom. The number of hydrogen-bond donors (Lipinski definition) is 0. The lowest BCUT2D eigenvalue weighted by atomic mass is 9.97. The van der Waals surface area contributed by atoms with Crippen molar-refractivity contribution in [3.8, 4) is 0 Å². The summed E-state index contributed by atoms with van der Waals surface area (Å²) in [5, 5.41) is 0. The van der Waals surface area contributed by atoms with Crippen LogP contribution in [0.25, 0.3) is 0 Å². The average Bonchev–Trinajstić information content (AvgIpc) is 2.37. The molecular formula is C14H19N2O. The van der Waals surface area contributed by atoms with E-state index in [1.54, 1.807) is 0 Å². The summed E-state index contributed by atoms with van der Waals surface area (Å²) in [5.41, 5.74) is 1.52. The van der Waals surface area contributed by atoms with Gasteiger partial charge in [-0.05, 0) is 13.0 Å². The summed E-state index contributed by atoms with van der Waals surface area (Å²) in [5.74, 6) is 0. The van der Waals surface area contributed by atoms with Crippen molar-refractivity contribution in [2.75, 3.05) is 44.3 Å². The first kappa shape index (κ1) is 11.1. The highest BCUT2D eigenvalue weighted by Crippen LogP contribution is 2.26. The number of hydrogen-bond acceptors (Lipinski definition) is 3. The zero-order valence-electron chi connectivity index (χ0n) is 10.4. The van der Waals surface area contributed by atoms with Crippen molar-refractivity contribution in [2.24, 2.45) is 0 Å². The number of rotatable bonds is 2. The van der Waals surface area contributed by atoms with Crippen molar-refractivity contribution in [3.63, 3.8) is 0 Å². The number of para-hydroxylation sites is 1. The van der Waals surface area contributed by atoms with Crippen LogP contribution in [0.15, 0.2) is 24.3 Å². The van der Waals surface area contributed by atoms with Gasteiger partial charge in [0.15, 0.2) is 0 Å². The molecule has 2 aliphatic rings. The molecule has 91 valence electrons. The standard InChI is InChI=1S/C14H19N2O/c1-14(11-17-12-14)16-9-7-15(8-10-16)13-5-3-2-4-6-13/h2-5H,7-12H2,1H3.